The van der Waals surface area contributed by atoms with Crippen LogP contribution in [0.4, 0.5) is 4.39 Å². The van der Waals surface area contributed by atoms with Crippen LogP contribution in [-0.4, -0.2) is 0 Å². The molecule has 0 aliphatic carbocycles. The van der Waals surface area contributed by atoms with Crippen molar-refractivity contribution in [2.75, 3.05) is 0 Å². The number of fused-ring (bicyclic) bond motifs is 1. The Kier molecular flexibility index (Phi) is 2.22. The normalized spacial score (nSPS) is 18.4. The Morgan fingerprint density at radius 3 is 2.44 bits per heavy atom. The van der Waals surface area contributed by atoms with Gasteiger partial charge in [-0.2, -0.15) is 0 Å². The molecule has 1 atom stereocenters. The van der Waals surface area contributed by atoms with Crippen molar-refractivity contribution in [2.24, 2.45) is 0 Å². The molecular weight excluding hydrogens is 203 g/mol. The Hall–Kier alpha value is -1.67. The topological polar surface area (TPSA) is 9.23 Å². The van der Waals surface area contributed by atoms with Crippen molar-refractivity contribution in [3.63, 3.8) is 0 Å². The largest absolute Gasteiger partial charge is 0.364 e. The monoisotopic (exact) mass is 214 g/mol. The zero-order valence-electron chi connectivity index (χ0n) is 8.69. The van der Waals surface area contributed by atoms with E-state index in [0.29, 0.717) is 12.2 Å². The van der Waals surface area contributed by atoms with Crippen molar-refractivity contribution >= 4 is 0 Å². The standard InChI is InChI=1S/C14H11FO/c15-13-8-4-3-7-12(13)14-11-6-2-1-5-10(11)9-16-14/h1-8,14H,9H2. The lowest BCUT2D eigenvalue weighted by atomic mass is 9.99. The molecule has 2 aromatic rings. The molecule has 1 nitrogen and oxygen atoms in total. The molecule has 16 heavy (non-hydrogen) atoms. The summed E-state index contributed by atoms with van der Waals surface area (Å²) in [5.41, 5.74) is 2.84. The molecule has 1 unspecified atom stereocenters. The fraction of sp³-hybridized carbons (Fsp3) is 0.143. The summed E-state index contributed by atoms with van der Waals surface area (Å²) < 4.78 is 19.3. The van der Waals surface area contributed by atoms with Gasteiger partial charge < -0.3 is 4.74 Å². The minimum absolute atomic E-state index is 0.204. The molecule has 0 fully saturated rings. The molecule has 1 aliphatic rings. The van der Waals surface area contributed by atoms with Crippen LogP contribution >= 0.6 is 0 Å². The van der Waals surface area contributed by atoms with Gasteiger partial charge in [-0.1, -0.05) is 42.5 Å². The average Bonchev–Trinajstić information content (AvgIpc) is 2.74. The molecule has 0 amide bonds. The second kappa shape index (κ2) is 3.72. The van der Waals surface area contributed by atoms with E-state index >= 15 is 0 Å². The molecule has 0 radical (unpaired) electrons. The Morgan fingerprint density at radius 1 is 0.938 bits per heavy atom. The molecule has 0 aromatic heterocycles. The molecular formula is C14H11FO. The smallest absolute Gasteiger partial charge is 0.129 e. The van der Waals surface area contributed by atoms with Crippen molar-refractivity contribution in [1.82, 2.24) is 0 Å². The van der Waals surface area contributed by atoms with E-state index in [-0.39, 0.29) is 11.9 Å². The summed E-state index contributed by atoms with van der Waals surface area (Å²) in [6.07, 6.45) is -0.252. The summed E-state index contributed by atoms with van der Waals surface area (Å²) >= 11 is 0. The van der Waals surface area contributed by atoms with Gasteiger partial charge in [-0.05, 0) is 17.2 Å². The highest BCUT2D eigenvalue weighted by molar-refractivity contribution is 5.38. The van der Waals surface area contributed by atoms with Gasteiger partial charge in [0.15, 0.2) is 0 Å². The minimum Gasteiger partial charge on any atom is -0.364 e. The predicted molar refractivity (Wildman–Crippen MR) is 59.5 cm³/mol. The van der Waals surface area contributed by atoms with E-state index in [1.54, 1.807) is 12.1 Å². The van der Waals surface area contributed by atoms with E-state index in [4.69, 9.17) is 4.74 Å². The summed E-state index contributed by atoms with van der Waals surface area (Å²) in [4.78, 5) is 0. The quantitative estimate of drug-likeness (QED) is 0.706. The first-order chi connectivity index (χ1) is 7.86. The molecule has 80 valence electrons. The van der Waals surface area contributed by atoms with Crippen LogP contribution in [0, 0.1) is 5.82 Å². The molecule has 3 rings (SSSR count). The molecule has 0 bridgehead atoms. The first-order valence-corrected chi connectivity index (χ1v) is 5.30. The Bertz CT molecular complexity index is 522. The van der Waals surface area contributed by atoms with Crippen LogP contribution in [0.15, 0.2) is 48.5 Å². The zero-order valence-corrected chi connectivity index (χ0v) is 8.69. The summed E-state index contributed by atoms with van der Waals surface area (Å²) in [7, 11) is 0. The lowest BCUT2D eigenvalue weighted by Crippen LogP contribution is -2.01. The number of hydrogen-bond donors (Lipinski definition) is 0. The van der Waals surface area contributed by atoms with Crippen LogP contribution < -0.4 is 0 Å². The fourth-order valence-electron chi connectivity index (χ4n) is 2.13. The number of benzene rings is 2. The van der Waals surface area contributed by atoms with Crippen LogP contribution in [0.25, 0.3) is 0 Å². The number of halogens is 1. The number of rotatable bonds is 1. The minimum atomic E-state index is -0.252. The van der Waals surface area contributed by atoms with Gasteiger partial charge in [-0.15, -0.1) is 0 Å². The van der Waals surface area contributed by atoms with Gasteiger partial charge in [-0.25, -0.2) is 4.39 Å². The molecule has 2 aromatic carbocycles. The Balaban J connectivity index is 2.08. The molecule has 2 heteroatoms. The Labute approximate surface area is 93.5 Å². The van der Waals surface area contributed by atoms with E-state index in [9.17, 15) is 4.39 Å². The Morgan fingerprint density at radius 2 is 1.62 bits per heavy atom. The number of ether oxygens (including phenoxy) is 1. The summed E-state index contributed by atoms with van der Waals surface area (Å²) in [6.45, 7) is 0.565. The van der Waals surface area contributed by atoms with Crippen molar-refractivity contribution in [2.45, 2.75) is 12.7 Å². The average molecular weight is 214 g/mol. The van der Waals surface area contributed by atoms with E-state index in [1.165, 1.54) is 6.07 Å². The van der Waals surface area contributed by atoms with Gasteiger partial charge in [0.25, 0.3) is 0 Å². The summed E-state index contributed by atoms with van der Waals surface area (Å²) in [5, 5.41) is 0. The second-order valence-corrected chi connectivity index (χ2v) is 3.91. The maximum atomic E-state index is 13.7. The molecule has 1 heterocycles. The third-order valence-corrected chi connectivity index (χ3v) is 2.93. The van der Waals surface area contributed by atoms with E-state index in [2.05, 4.69) is 0 Å². The van der Waals surface area contributed by atoms with E-state index in [1.807, 2.05) is 30.3 Å². The maximum Gasteiger partial charge on any atom is 0.129 e. The van der Waals surface area contributed by atoms with E-state index < -0.39 is 0 Å². The van der Waals surface area contributed by atoms with Crippen LogP contribution in [0.1, 0.15) is 22.8 Å². The van der Waals surface area contributed by atoms with Crippen molar-refractivity contribution in [1.29, 1.82) is 0 Å². The summed E-state index contributed by atoms with van der Waals surface area (Å²) in [5.74, 6) is -0.204. The first kappa shape index (κ1) is 9.55. The molecule has 1 aliphatic heterocycles. The van der Waals surface area contributed by atoms with Gasteiger partial charge in [0, 0.05) is 5.56 Å². The fourth-order valence-corrected chi connectivity index (χ4v) is 2.13. The lowest BCUT2D eigenvalue weighted by molar-refractivity contribution is 0.0914. The van der Waals surface area contributed by atoms with Crippen LogP contribution in [0.5, 0.6) is 0 Å². The summed E-state index contributed by atoms with van der Waals surface area (Å²) in [6, 6.07) is 14.7. The van der Waals surface area contributed by atoms with Crippen molar-refractivity contribution < 1.29 is 9.13 Å². The number of hydrogen-bond acceptors (Lipinski definition) is 1. The third kappa shape index (κ3) is 1.42. The second-order valence-electron chi connectivity index (χ2n) is 3.91. The first-order valence-electron chi connectivity index (χ1n) is 5.30. The van der Waals surface area contributed by atoms with Crippen LogP contribution in [0.2, 0.25) is 0 Å². The zero-order chi connectivity index (χ0) is 11.0. The van der Waals surface area contributed by atoms with Crippen molar-refractivity contribution in [3.05, 3.63) is 71.0 Å². The van der Waals surface area contributed by atoms with E-state index in [0.717, 1.165) is 11.1 Å². The van der Waals surface area contributed by atoms with Crippen LogP contribution in [0.3, 0.4) is 0 Å². The van der Waals surface area contributed by atoms with Crippen LogP contribution in [-0.2, 0) is 11.3 Å². The van der Waals surface area contributed by atoms with Gasteiger partial charge in [0.1, 0.15) is 11.9 Å². The van der Waals surface area contributed by atoms with Crippen molar-refractivity contribution in [3.8, 4) is 0 Å². The molecule has 0 N–H and O–H groups in total. The predicted octanol–water partition coefficient (Wildman–Crippen LogP) is 3.45. The highest BCUT2D eigenvalue weighted by Gasteiger charge is 2.26. The van der Waals surface area contributed by atoms with Gasteiger partial charge in [0.2, 0.25) is 0 Å². The molecule has 0 saturated heterocycles. The maximum absolute atomic E-state index is 13.7. The highest BCUT2D eigenvalue weighted by atomic mass is 19.1. The third-order valence-electron chi connectivity index (χ3n) is 2.93. The van der Waals surface area contributed by atoms with Gasteiger partial charge in [-0.3, -0.25) is 0 Å². The SMILES string of the molecule is Fc1ccccc1C1OCc2ccccc21. The molecule has 0 spiro atoms. The highest BCUT2D eigenvalue weighted by Crippen LogP contribution is 2.36. The van der Waals surface area contributed by atoms with Gasteiger partial charge in [0.05, 0.1) is 6.61 Å². The molecule has 0 saturated carbocycles. The van der Waals surface area contributed by atoms with Gasteiger partial charge >= 0.3 is 0 Å². The lowest BCUT2D eigenvalue weighted by Gasteiger charge is -2.12.